The van der Waals surface area contributed by atoms with E-state index in [1.165, 1.54) is 17.0 Å². The van der Waals surface area contributed by atoms with Crippen LogP contribution in [0.15, 0.2) is 36.4 Å². The average Bonchev–Trinajstić information content (AvgIpc) is 3.42. The number of carboxylic acids is 1. The van der Waals surface area contributed by atoms with E-state index in [0.29, 0.717) is 61.7 Å². The van der Waals surface area contributed by atoms with Crippen LogP contribution < -0.4 is 4.74 Å². The smallest absolute Gasteiger partial charge is 0.416 e. The average molecular weight is 613 g/mol. The van der Waals surface area contributed by atoms with Gasteiger partial charge in [0.15, 0.2) is 6.73 Å². The van der Waals surface area contributed by atoms with Gasteiger partial charge in [-0.2, -0.15) is 26.3 Å². The molecule has 1 saturated carbocycles. The Kier molecular flexibility index (Phi) is 8.21. The van der Waals surface area contributed by atoms with Gasteiger partial charge in [0.1, 0.15) is 5.75 Å². The number of ether oxygens (including phenoxy) is 1. The zero-order chi connectivity index (χ0) is 31.3. The molecule has 12 heteroatoms. The second-order valence-corrected chi connectivity index (χ2v) is 12.3. The molecule has 3 aliphatic rings. The minimum Gasteiger partial charge on any atom is -0.478 e. The minimum atomic E-state index is -4.65. The van der Waals surface area contributed by atoms with Crippen LogP contribution in [0.2, 0.25) is 0 Å². The number of carboxylic acid groups (broad SMARTS) is 1. The van der Waals surface area contributed by atoms with Crippen LogP contribution in [-0.2, 0) is 23.7 Å². The van der Waals surface area contributed by atoms with Crippen LogP contribution in [0.3, 0.4) is 0 Å². The van der Waals surface area contributed by atoms with E-state index < -0.39 is 34.9 Å². The molecule has 2 heterocycles. The molecule has 0 spiro atoms. The van der Waals surface area contributed by atoms with Crippen molar-refractivity contribution in [1.82, 2.24) is 9.80 Å². The van der Waals surface area contributed by atoms with Crippen LogP contribution in [-0.4, -0.2) is 52.6 Å². The number of hydrogen-bond donors (Lipinski definition) is 1. The second kappa shape index (κ2) is 11.3. The molecule has 5 rings (SSSR count). The van der Waals surface area contributed by atoms with Crippen molar-refractivity contribution in [3.63, 3.8) is 0 Å². The fraction of sp³-hybridized carbons (Fsp3) is 0.548. The van der Waals surface area contributed by atoms with Crippen molar-refractivity contribution in [1.29, 1.82) is 0 Å². The van der Waals surface area contributed by atoms with Gasteiger partial charge in [-0.3, -0.25) is 4.79 Å². The number of alkyl halides is 6. The molecule has 234 valence electrons. The number of benzene rings is 2. The molecule has 43 heavy (non-hydrogen) atoms. The highest BCUT2D eigenvalue weighted by Crippen LogP contribution is 2.49. The van der Waals surface area contributed by atoms with Crippen molar-refractivity contribution in [2.45, 2.75) is 76.8 Å². The SMILES string of the molecule is CC(C)[C@]1(C(=O)N2COc3ccc(C(F)(F)F)cc3C2)CC[C@@H](N2CCC(c3cc(C(=O)O)cc(C(F)(F)F)c3)CC2)C1. The predicted octanol–water partition coefficient (Wildman–Crippen LogP) is 7.18. The summed E-state index contributed by atoms with van der Waals surface area (Å²) in [6.07, 6.45) is -6.14. The van der Waals surface area contributed by atoms with E-state index in [2.05, 4.69) is 4.90 Å². The lowest BCUT2D eigenvalue weighted by Crippen LogP contribution is -2.49. The molecular formula is C31H34F6N2O4. The summed E-state index contributed by atoms with van der Waals surface area (Å²) in [5, 5.41) is 9.35. The van der Waals surface area contributed by atoms with E-state index in [4.69, 9.17) is 4.74 Å². The third-order valence-electron chi connectivity index (χ3n) is 9.51. The number of fused-ring (bicyclic) bond motifs is 1. The summed E-state index contributed by atoms with van der Waals surface area (Å²) in [7, 11) is 0. The largest absolute Gasteiger partial charge is 0.478 e. The molecule has 1 N–H and O–H groups in total. The molecule has 2 fully saturated rings. The van der Waals surface area contributed by atoms with Gasteiger partial charge in [-0.15, -0.1) is 0 Å². The number of rotatable bonds is 5. The molecule has 2 atom stereocenters. The fourth-order valence-corrected chi connectivity index (χ4v) is 6.96. The van der Waals surface area contributed by atoms with Gasteiger partial charge in [0.05, 0.1) is 28.7 Å². The lowest BCUT2D eigenvalue weighted by Gasteiger charge is -2.41. The van der Waals surface area contributed by atoms with Gasteiger partial charge < -0.3 is 19.6 Å². The van der Waals surface area contributed by atoms with E-state index in [-0.39, 0.29) is 42.6 Å². The Morgan fingerprint density at radius 1 is 0.953 bits per heavy atom. The zero-order valence-corrected chi connectivity index (χ0v) is 23.9. The zero-order valence-electron chi connectivity index (χ0n) is 23.9. The molecule has 2 aromatic carbocycles. The number of aromatic carboxylic acids is 1. The van der Waals surface area contributed by atoms with E-state index in [9.17, 15) is 41.0 Å². The van der Waals surface area contributed by atoms with Crippen molar-refractivity contribution < 1.29 is 45.8 Å². The van der Waals surface area contributed by atoms with E-state index in [1.807, 2.05) is 13.8 Å². The molecule has 1 amide bonds. The molecule has 0 aromatic heterocycles. The van der Waals surface area contributed by atoms with E-state index in [1.54, 1.807) is 0 Å². The van der Waals surface area contributed by atoms with E-state index in [0.717, 1.165) is 24.6 Å². The van der Waals surface area contributed by atoms with Crippen molar-refractivity contribution in [2.24, 2.45) is 11.3 Å². The van der Waals surface area contributed by atoms with Crippen LogP contribution in [0.5, 0.6) is 5.75 Å². The predicted molar refractivity (Wildman–Crippen MR) is 144 cm³/mol. The first kappa shape index (κ1) is 31.2. The lowest BCUT2D eigenvalue weighted by atomic mass is 9.74. The highest BCUT2D eigenvalue weighted by Gasteiger charge is 2.51. The third kappa shape index (κ3) is 6.21. The van der Waals surface area contributed by atoms with Crippen molar-refractivity contribution in [3.05, 3.63) is 64.2 Å². The minimum absolute atomic E-state index is 0.0257. The number of carbonyl (C=O) groups excluding carboxylic acids is 1. The van der Waals surface area contributed by atoms with Gasteiger partial charge in [-0.25, -0.2) is 4.79 Å². The highest BCUT2D eigenvalue weighted by atomic mass is 19.4. The Morgan fingerprint density at radius 3 is 2.23 bits per heavy atom. The molecule has 6 nitrogen and oxygen atoms in total. The maximum atomic E-state index is 14.0. The molecule has 0 radical (unpaired) electrons. The van der Waals surface area contributed by atoms with Crippen molar-refractivity contribution >= 4 is 11.9 Å². The molecule has 2 aliphatic heterocycles. The standard InChI is InChI=1S/C31H34F6N2O4/c1-18(2)29(28(42)39-16-22-14-23(30(32,33)34)3-4-26(22)43-17-39)8-5-25(15-29)38-9-6-19(7-10-38)20-11-21(27(40)41)13-24(12-20)31(35,36)37/h3-4,11-14,18-19,25H,5-10,15-17H2,1-2H3,(H,40,41)/t25-,29+/m1/s1. The summed E-state index contributed by atoms with van der Waals surface area (Å²) in [6, 6.07) is 6.38. The second-order valence-electron chi connectivity index (χ2n) is 12.3. The first-order valence-electron chi connectivity index (χ1n) is 14.4. The Balaban J connectivity index is 1.27. The van der Waals surface area contributed by atoms with E-state index >= 15 is 0 Å². The van der Waals surface area contributed by atoms with Gasteiger partial charge in [0, 0.05) is 11.6 Å². The quantitative estimate of drug-likeness (QED) is 0.363. The number of carbonyl (C=O) groups is 2. The highest BCUT2D eigenvalue weighted by molar-refractivity contribution is 5.88. The third-order valence-corrected chi connectivity index (χ3v) is 9.51. The van der Waals surface area contributed by atoms with Crippen LogP contribution in [0, 0.1) is 11.3 Å². The van der Waals surface area contributed by atoms with Crippen LogP contribution in [0.4, 0.5) is 26.3 Å². The number of nitrogens with zero attached hydrogens (tertiary/aromatic N) is 2. The Morgan fingerprint density at radius 2 is 1.63 bits per heavy atom. The number of halogens is 6. The van der Waals surface area contributed by atoms with Gasteiger partial charge in [0.2, 0.25) is 5.91 Å². The summed E-state index contributed by atoms with van der Waals surface area (Å²) in [5.74, 6) is -1.48. The normalized spacial score (nSPS) is 23.7. The fourth-order valence-electron chi connectivity index (χ4n) is 6.96. The Bertz CT molecular complexity index is 1380. The number of hydrogen-bond acceptors (Lipinski definition) is 4. The molecular weight excluding hydrogens is 578 g/mol. The van der Waals surface area contributed by atoms with Crippen LogP contribution in [0.1, 0.15) is 84.5 Å². The monoisotopic (exact) mass is 612 g/mol. The first-order valence-corrected chi connectivity index (χ1v) is 14.4. The number of amides is 1. The van der Waals surface area contributed by atoms with Crippen molar-refractivity contribution in [3.8, 4) is 5.75 Å². The molecule has 0 unspecified atom stereocenters. The first-order chi connectivity index (χ1) is 20.1. The van der Waals surface area contributed by atoms with Crippen molar-refractivity contribution in [2.75, 3.05) is 19.8 Å². The summed E-state index contributed by atoms with van der Waals surface area (Å²) in [6.45, 7) is 5.11. The molecule has 1 saturated heterocycles. The van der Waals surface area contributed by atoms with Gasteiger partial charge >= 0.3 is 18.3 Å². The van der Waals surface area contributed by atoms with Gasteiger partial charge in [-0.05, 0) is 99.0 Å². The molecule has 1 aliphatic carbocycles. The van der Waals surface area contributed by atoms with Crippen LogP contribution >= 0.6 is 0 Å². The Labute approximate surface area is 245 Å². The Hall–Kier alpha value is -3.28. The van der Waals surface area contributed by atoms with Gasteiger partial charge in [0.25, 0.3) is 0 Å². The summed E-state index contributed by atoms with van der Waals surface area (Å²) in [4.78, 5) is 29.2. The summed E-state index contributed by atoms with van der Waals surface area (Å²) < 4.78 is 85.8. The topological polar surface area (TPSA) is 70.1 Å². The van der Waals surface area contributed by atoms with Gasteiger partial charge in [-0.1, -0.05) is 13.8 Å². The number of piperidine rings is 1. The maximum absolute atomic E-state index is 14.0. The summed E-state index contributed by atoms with van der Waals surface area (Å²) >= 11 is 0. The number of likely N-dealkylation sites (tertiary alicyclic amines) is 1. The molecule has 0 bridgehead atoms. The summed E-state index contributed by atoms with van der Waals surface area (Å²) in [5.41, 5.74) is -2.20. The molecule has 2 aromatic rings. The van der Waals surface area contributed by atoms with Crippen LogP contribution in [0.25, 0.3) is 0 Å². The maximum Gasteiger partial charge on any atom is 0.416 e. The lowest BCUT2D eigenvalue weighted by molar-refractivity contribution is -0.150.